The molecule has 1 rings (SSSR count). The molecule has 0 aromatic heterocycles. The Morgan fingerprint density at radius 1 is 1.78 bits per heavy atom. The van der Waals surface area contributed by atoms with Crippen LogP contribution in [0.4, 0.5) is 0 Å². The zero-order valence-electron chi connectivity index (χ0n) is 5.63. The average Bonchev–Trinajstić information content (AvgIpc) is 1.77. The normalized spacial score (nSPS) is 45.0. The van der Waals surface area contributed by atoms with Crippen molar-refractivity contribution in [2.75, 3.05) is 13.2 Å². The monoisotopic (exact) mass is 131 g/mol. The lowest BCUT2D eigenvalue weighted by atomic mass is 9.91. The quantitative estimate of drug-likeness (QED) is 0.465. The fourth-order valence-electron chi connectivity index (χ4n) is 0.844. The number of hydrogen-bond donors (Lipinski definition) is 2. The molecule has 0 bridgehead atoms. The van der Waals surface area contributed by atoms with Gasteiger partial charge in [-0.05, 0) is 13.3 Å². The third-order valence-electron chi connectivity index (χ3n) is 1.82. The Morgan fingerprint density at radius 3 is 2.78 bits per heavy atom. The molecule has 1 aliphatic heterocycles. The Hall–Kier alpha value is -0.120. The van der Waals surface area contributed by atoms with Crippen molar-refractivity contribution in [3.63, 3.8) is 0 Å². The van der Waals surface area contributed by atoms with Gasteiger partial charge in [0.25, 0.3) is 0 Å². The van der Waals surface area contributed by atoms with E-state index in [1.165, 1.54) is 0 Å². The SMILES string of the molecule is CC1(N)CCOCC1O. The van der Waals surface area contributed by atoms with Gasteiger partial charge in [-0.1, -0.05) is 0 Å². The summed E-state index contributed by atoms with van der Waals surface area (Å²) in [6.45, 7) is 2.90. The number of nitrogens with two attached hydrogens (primary N) is 1. The van der Waals surface area contributed by atoms with Crippen LogP contribution in [0.3, 0.4) is 0 Å². The highest BCUT2D eigenvalue weighted by molar-refractivity contribution is 4.89. The Morgan fingerprint density at radius 2 is 2.44 bits per heavy atom. The summed E-state index contributed by atoms with van der Waals surface area (Å²) in [5.74, 6) is 0. The molecule has 9 heavy (non-hydrogen) atoms. The summed E-state index contributed by atoms with van der Waals surface area (Å²) in [4.78, 5) is 0. The van der Waals surface area contributed by atoms with Crippen LogP contribution in [0.1, 0.15) is 13.3 Å². The summed E-state index contributed by atoms with van der Waals surface area (Å²) in [5, 5.41) is 9.19. The molecule has 1 fully saturated rings. The topological polar surface area (TPSA) is 55.5 Å². The summed E-state index contributed by atoms with van der Waals surface area (Å²) in [6, 6.07) is 0. The molecule has 0 saturated carbocycles. The average molecular weight is 131 g/mol. The second-order valence-corrected chi connectivity index (χ2v) is 2.85. The zero-order chi connectivity index (χ0) is 6.91. The Kier molecular flexibility index (Phi) is 1.75. The van der Waals surface area contributed by atoms with Crippen molar-refractivity contribution in [1.82, 2.24) is 0 Å². The van der Waals surface area contributed by atoms with Crippen molar-refractivity contribution < 1.29 is 9.84 Å². The van der Waals surface area contributed by atoms with Crippen LogP contribution >= 0.6 is 0 Å². The predicted octanol–water partition coefficient (Wildman–Crippen LogP) is -0.515. The van der Waals surface area contributed by atoms with Gasteiger partial charge in [0, 0.05) is 12.1 Å². The summed E-state index contributed by atoms with van der Waals surface area (Å²) in [5.41, 5.74) is 5.26. The van der Waals surface area contributed by atoms with Crippen LogP contribution in [0.2, 0.25) is 0 Å². The van der Waals surface area contributed by atoms with Crippen molar-refractivity contribution >= 4 is 0 Å². The van der Waals surface area contributed by atoms with Gasteiger partial charge < -0.3 is 15.6 Å². The lowest BCUT2D eigenvalue weighted by Crippen LogP contribution is -2.53. The van der Waals surface area contributed by atoms with Gasteiger partial charge >= 0.3 is 0 Å². The highest BCUT2D eigenvalue weighted by atomic mass is 16.5. The summed E-state index contributed by atoms with van der Waals surface area (Å²) in [6.07, 6.45) is 0.250. The van der Waals surface area contributed by atoms with E-state index in [4.69, 9.17) is 10.5 Å². The summed E-state index contributed by atoms with van der Waals surface area (Å²) < 4.78 is 4.99. The third kappa shape index (κ3) is 1.41. The van der Waals surface area contributed by atoms with Crippen molar-refractivity contribution in [3.8, 4) is 0 Å². The first kappa shape index (κ1) is 6.99. The lowest BCUT2D eigenvalue weighted by Gasteiger charge is -2.34. The molecule has 1 heterocycles. The highest BCUT2D eigenvalue weighted by Crippen LogP contribution is 2.16. The van der Waals surface area contributed by atoms with Crippen LogP contribution in [0.5, 0.6) is 0 Å². The minimum absolute atomic E-state index is 0.382. The third-order valence-corrected chi connectivity index (χ3v) is 1.82. The Bertz CT molecular complexity index is 103. The van der Waals surface area contributed by atoms with E-state index in [1.54, 1.807) is 0 Å². The molecule has 2 atom stereocenters. The molecule has 1 saturated heterocycles. The predicted molar refractivity (Wildman–Crippen MR) is 34.0 cm³/mol. The number of aliphatic hydroxyl groups excluding tert-OH is 1. The minimum atomic E-state index is -0.494. The molecule has 3 N–H and O–H groups in total. The maximum atomic E-state index is 9.19. The van der Waals surface area contributed by atoms with Crippen molar-refractivity contribution in [2.45, 2.75) is 25.0 Å². The summed E-state index contributed by atoms with van der Waals surface area (Å²) >= 11 is 0. The second-order valence-electron chi connectivity index (χ2n) is 2.85. The van der Waals surface area contributed by atoms with Crippen LogP contribution in [-0.2, 0) is 4.74 Å². The van der Waals surface area contributed by atoms with Crippen molar-refractivity contribution in [3.05, 3.63) is 0 Å². The number of aliphatic hydroxyl groups is 1. The van der Waals surface area contributed by atoms with E-state index in [0.29, 0.717) is 13.2 Å². The first-order chi connectivity index (χ1) is 4.13. The second kappa shape index (κ2) is 2.25. The van der Waals surface area contributed by atoms with Crippen LogP contribution < -0.4 is 5.73 Å². The van der Waals surface area contributed by atoms with E-state index in [1.807, 2.05) is 6.92 Å². The smallest absolute Gasteiger partial charge is 0.0950 e. The molecule has 0 radical (unpaired) electrons. The zero-order valence-corrected chi connectivity index (χ0v) is 5.63. The fourth-order valence-corrected chi connectivity index (χ4v) is 0.844. The number of rotatable bonds is 0. The Balaban J connectivity index is 2.49. The first-order valence-corrected chi connectivity index (χ1v) is 3.17. The molecule has 0 spiro atoms. The largest absolute Gasteiger partial charge is 0.389 e. The van der Waals surface area contributed by atoms with Gasteiger partial charge in [-0.2, -0.15) is 0 Å². The maximum absolute atomic E-state index is 9.19. The molecular weight excluding hydrogens is 118 g/mol. The molecule has 3 heteroatoms. The van der Waals surface area contributed by atoms with E-state index < -0.39 is 11.6 Å². The molecule has 3 nitrogen and oxygen atoms in total. The van der Waals surface area contributed by atoms with E-state index in [0.717, 1.165) is 6.42 Å². The Labute approximate surface area is 54.8 Å². The highest BCUT2D eigenvalue weighted by Gasteiger charge is 2.31. The van der Waals surface area contributed by atoms with Crippen LogP contribution in [-0.4, -0.2) is 30.0 Å². The molecule has 1 aliphatic rings. The van der Waals surface area contributed by atoms with Crippen molar-refractivity contribution in [1.29, 1.82) is 0 Å². The van der Waals surface area contributed by atoms with Gasteiger partial charge in [-0.3, -0.25) is 0 Å². The lowest BCUT2D eigenvalue weighted by molar-refractivity contribution is -0.0508. The van der Waals surface area contributed by atoms with Gasteiger partial charge in [0.2, 0.25) is 0 Å². The molecular formula is C6H13NO2. The van der Waals surface area contributed by atoms with Crippen LogP contribution in [0.25, 0.3) is 0 Å². The van der Waals surface area contributed by atoms with Crippen LogP contribution in [0.15, 0.2) is 0 Å². The van der Waals surface area contributed by atoms with E-state index in [9.17, 15) is 5.11 Å². The summed E-state index contributed by atoms with van der Waals surface area (Å²) in [7, 11) is 0. The van der Waals surface area contributed by atoms with E-state index in [2.05, 4.69) is 0 Å². The van der Waals surface area contributed by atoms with Crippen LogP contribution in [0, 0.1) is 0 Å². The molecule has 2 unspecified atom stereocenters. The molecule has 54 valence electrons. The molecule has 0 aromatic carbocycles. The van der Waals surface area contributed by atoms with Gasteiger partial charge in [-0.25, -0.2) is 0 Å². The van der Waals surface area contributed by atoms with Gasteiger partial charge in [0.15, 0.2) is 0 Å². The number of ether oxygens (including phenoxy) is 1. The first-order valence-electron chi connectivity index (χ1n) is 3.17. The van der Waals surface area contributed by atoms with Gasteiger partial charge in [0.1, 0.15) is 0 Å². The fraction of sp³-hybridized carbons (Fsp3) is 1.00. The number of hydrogen-bond acceptors (Lipinski definition) is 3. The standard InChI is InChI=1S/C6H13NO2/c1-6(7)2-3-9-4-5(6)8/h5,8H,2-4,7H2,1H3. The van der Waals surface area contributed by atoms with Crippen molar-refractivity contribution in [2.24, 2.45) is 5.73 Å². The van der Waals surface area contributed by atoms with Gasteiger partial charge in [-0.15, -0.1) is 0 Å². The molecule has 0 amide bonds. The maximum Gasteiger partial charge on any atom is 0.0950 e. The minimum Gasteiger partial charge on any atom is -0.389 e. The van der Waals surface area contributed by atoms with Gasteiger partial charge in [0.05, 0.1) is 12.7 Å². The van der Waals surface area contributed by atoms with E-state index >= 15 is 0 Å². The molecule has 0 aromatic rings. The van der Waals surface area contributed by atoms with E-state index in [-0.39, 0.29) is 0 Å². The molecule has 0 aliphatic carbocycles.